The van der Waals surface area contributed by atoms with Gasteiger partial charge in [-0.3, -0.25) is 9.59 Å². The van der Waals surface area contributed by atoms with Crippen LogP contribution in [0.4, 0.5) is 0 Å². The van der Waals surface area contributed by atoms with E-state index in [0.29, 0.717) is 38.1 Å². The smallest absolute Gasteiger partial charge is 0.222 e. The molecule has 0 aromatic heterocycles. The van der Waals surface area contributed by atoms with Crippen molar-refractivity contribution < 1.29 is 9.59 Å². The monoisotopic (exact) mass is 337 g/mol. The van der Waals surface area contributed by atoms with Crippen LogP contribution in [-0.4, -0.2) is 29.7 Å². The van der Waals surface area contributed by atoms with Crippen molar-refractivity contribution >= 4 is 11.7 Å². The molecule has 1 heterocycles. The standard InChI is InChI=1S/C21H39NO2/c1-2-3-4-5-6-7-8-9-10-11-12-13-14-15-21(24)22-18-16-20(23)17-19-22/h2-19H2,1H3. The van der Waals surface area contributed by atoms with Gasteiger partial charge in [0.05, 0.1) is 0 Å². The van der Waals surface area contributed by atoms with Gasteiger partial charge in [0, 0.05) is 32.4 Å². The third kappa shape index (κ3) is 10.8. The van der Waals surface area contributed by atoms with Crippen LogP contribution >= 0.6 is 0 Å². The number of piperidine rings is 1. The number of Topliss-reactive ketones (excluding diaryl/α,β-unsaturated/α-hetero) is 1. The number of hydrogen-bond donors (Lipinski definition) is 0. The van der Waals surface area contributed by atoms with Crippen molar-refractivity contribution in [1.82, 2.24) is 4.90 Å². The van der Waals surface area contributed by atoms with E-state index in [4.69, 9.17) is 0 Å². The average molecular weight is 338 g/mol. The van der Waals surface area contributed by atoms with Crippen molar-refractivity contribution in [3.05, 3.63) is 0 Å². The van der Waals surface area contributed by atoms with Gasteiger partial charge in [-0.25, -0.2) is 0 Å². The van der Waals surface area contributed by atoms with Crippen LogP contribution in [0.15, 0.2) is 0 Å². The van der Waals surface area contributed by atoms with E-state index in [9.17, 15) is 9.59 Å². The Morgan fingerprint density at radius 1 is 0.750 bits per heavy atom. The van der Waals surface area contributed by atoms with Crippen LogP contribution in [0.2, 0.25) is 0 Å². The van der Waals surface area contributed by atoms with Gasteiger partial charge in [-0.1, -0.05) is 84.0 Å². The van der Waals surface area contributed by atoms with Crippen molar-refractivity contribution in [1.29, 1.82) is 0 Å². The second-order valence-corrected chi connectivity index (χ2v) is 7.41. The Bertz CT molecular complexity index is 331. The maximum Gasteiger partial charge on any atom is 0.222 e. The maximum absolute atomic E-state index is 12.0. The summed E-state index contributed by atoms with van der Waals surface area (Å²) in [7, 11) is 0. The first-order chi connectivity index (χ1) is 11.7. The molecule has 1 aliphatic rings. The molecule has 0 unspecified atom stereocenters. The summed E-state index contributed by atoms with van der Waals surface area (Å²) in [5.41, 5.74) is 0. The number of likely N-dealkylation sites (tertiary alicyclic amines) is 1. The van der Waals surface area contributed by atoms with Crippen LogP contribution in [0, 0.1) is 0 Å². The molecule has 1 rings (SSSR count). The molecule has 0 aliphatic carbocycles. The topological polar surface area (TPSA) is 37.4 Å². The molecular weight excluding hydrogens is 298 g/mol. The van der Waals surface area contributed by atoms with Gasteiger partial charge in [0.2, 0.25) is 5.91 Å². The number of ketones is 1. The fourth-order valence-corrected chi connectivity index (χ4v) is 3.46. The van der Waals surface area contributed by atoms with E-state index >= 15 is 0 Å². The fraction of sp³-hybridized carbons (Fsp3) is 0.905. The molecule has 0 spiro atoms. The molecule has 3 heteroatoms. The first-order valence-electron chi connectivity index (χ1n) is 10.5. The summed E-state index contributed by atoms with van der Waals surface area (Å²) < 4.78 is 0. The van der Waals surface area contributed by atoms with E-state index in [-0.39, 0.29) is 5.91 Å². The minimum absolute atomic E-state index is 0.255. The summed E-state index contributed by atoms with van der Waals surface area (Å²) in [5, 5.41) is 0. The predicted molar refractivity (Wildman–Crippen MR) is 101 cm³/mol. The molecule has 1 fully saturated rings. The van der Waals surface area contributed by atoms with Gasteiger partial charge in [0.25, 0.3) is 0 Å². The first kappa shape index (κ1) is 21.2. The summed E-state index contributed by atoms with van der Waals surface area (Å²) in [4.78, 5) is 25.1. The van der Waals surface area contributed by atoms with Gasteiger partial charge >= 0.3 is 0 Å². The van der Waals surface area contributed by atoms with E-state index in [1.54, 1.807) is 0 Å². The van der Waals surface area contributed by atoms with Crippen LogP contribution < -0.4 is 0 Å². The van der Waals surface area contributed by atoms with Crippen LogP contribution in [0.25, 0.3) is 0 Å². The third-order valence-electron chi connectivity index (χ3n) is 5.17. The molecule has 3 nitrogen and oxygen atoms in total. The highest BCUT2D eigenvalue weighted by Gasteiger charge is 2.19. The molecule has 1 amide bonds. The molecule has 0 aromatic rings. The van der Waals surface area contributed by atoms with E-state index in [1.165, 1.54) is 77.0 Å². The maximum atomic E-state index is 12.0. The quantitative estimate of drug-likeness (QED) is 0.384. The minimum Gasteiger partial charge on any atom is -0.342 e. The highest BCUT2D eigenvalue weighted by atomic mass is 16.2. The summed E-state index contributed by atoms with van der Waals surface area (Å²) >= 11 is 0. The fourth-order valence-electron chi connectivity index (χ4n) is 3.46. The number of nitrogens with zero attached hydrogens (tertiary/aromatic N) is 1. The summed E-state index contributed by atoms with van der Waals surface area (Å²) in [5.74, 6) is 0.561. The average Bonchev–Trinajstić information content (AvgIpc) is 2.59. The van der Waals surface area contributed by atoms with Crippen molar-refractivity contribution in [2.45, 2.75) is 110 Å². The first-order valence-corrected chi connectivity index (χ1v) is 10.5. The zero-order chi connectivity index (χ0) is 17.5. The lowest BCUT2D eigenvalue weighted by molar-refractivity contribution is -0.134. The number of rotatable bonds is 14. The Hall–Kier alpha value is -0.860. The molecular formula is C21H39NO2. The zero-order valence-electron chi connectivity index (χ0n) is 16.0. The molecule has 1 aliphatic heterocycles. The van der Waals surface area contributed by atoms with Crippen molar-refractivity contribution in [3.63, 3.8) is 0 Å². The van der Waals surface area contributed by atoms with Crippen LogP contribution in [0.3, 0.4) is 0 Å². The summed E-state index contributed by atoms with van der Waals surface area (Å²) in [6.07, 6.45) is 19.1. The van der Waals surface area contributed by atoms with Crippen LogP contribution in [0.1, 0.15) is 110 Å². The highest BCUT2D eigenvalue weighted by molar-refractivity contribution is 5.83. The summed E-state index contributed by atoms with van der Waals surface area (Å²) in [6, 6.07) is 0. The van der Waals surface area contributed by atoms with Crippen molar-refractivity contribution in [2.75, 3.05) is 13.1 Å². The van der Waals surface area contributed by atoms with Gasteiger partial charge in [0.15, 0.2) is 0 Å². The predicted octanol–water partition coefficient (Wildman–Crippen LogP) is 5.66. The van der Waals surface area contributed by atoms with Gasteiger partial charge in [-0.05, 0) is 6.42 Å². The van der Waals surface area contributed by atoms with E-state index in [0.717, 1.165) is 6.42 Å². The third-order valence-corrected chi connectivity index (χ3v) is 5.17. The summed E-state index contributed by atoms with van der Waals surface area (Å²) in [6.45, 7) is 3.57. The molecule has 0 bridgehead atoms. The van der Waals surface area contributed by atoms with Gasteiger partial charge < -0.3 is 4.90 Å². The van der Waals surface area contributed by atoms with Crippen molar-refractivity contribution in [3.8, 4) is 0 Å². The lowest BCUT2D eigenvalue weighted by Gasteiger charge is -2.26. The van der Waals surface area contributed by atoms with Gasteiger partial charge in [-0.15, -0.1) is 0 Å². The molecule has 0 N–H and O–H groups in total. The van der Waals surface area contributed by atoms with Crippen LogP contribution in [-0.2, 0) is 9.59 Å². The molecule has 24 heavy (non-hydrogen) atoms. The van der Waals surface area contributed by atoms with E-state index in [2.05, 4.69) is 6.92 Å². The van der Waals surface area contributed by atoms with E-state index < -0.39 is 0 Å². The van der Waals surface area contributed by atoms with Crippen LogP contribution in [0.5, 0.6) is 0 Å². The number of amides is 1. The normalized spacial score (nSPS) is 15.0. The Labute approximate surface area is 149 Å². The number of hydrogen-bond acceptors (Lipinski definition) is 2. The van der Waals surface area contributed by atoms with Gasteiger partial charge in [-0.2, -0.15) is 0 Å². The second kappa shape index (κ2) is 14.5. The lowest BCUT2D eigenvalue weighted by Crippen LogP contribution is -2.38. The zero-order valence-corrected chi connectivity index (χ0v) is 16.0. The molecule has 0 radical (unpaired) electrons. The Kier molecular flexibility index (Phi) is 12.8. The molecule has 1 saturated heterocycles. The SMILES string of the molecule is CCCCCCCCCCCCCCCC(=O)N1CCC(=O)CC1. The number of unbranched alkanes of at least 4 members (excludes halogenated alkanes) is 12. The van der Waals surface area contributed by atoms with Crippen molar-refractivity contribution in [2.24, 2.45) is 0 Å². The lowest BCUT2D eigenvalue weighted by atomic mass is 10.0. The molecule has 0 saturated carbocycles. The minimum atomic E-state index is 0.255. The molecule has 140 valence electrons. The molecule has 0 atom stereocenters. The highest BCUT2D eigenvalue weighted by Crippen LogP contribution is 2.14. The number of carbonyl (C=O) groups excluding carboxylic acids is 2. The largest absolute Gasteiger partial charge is 0.342 e. The Morgan fingerprint density at radius 2 is 1.17 bits per heavy atom. The Balaban J connectivity index is 1.80. The van der Waals surface area contributed by atoms with Gasteiger partial charge in [0.1, 0.15) is 5.78 Å². The molecule has 0 aromatic carbocycles. The Morgan fingerprint density at radius 3 is 1.62 bits per heavy atom. The second-order valence-electron chi connectivity index (χ2n) is 7.41. The number of carbonyl (C=O) groups is 2. The van der Waals surface area contributed by atoms with E-state index in [1.807, 2.05) is 4.90 Å².